The van der Waals surface area contributed by atoms with Crippen LogP contribution in [-0.2, 0) is 11.2 Å². The Morgan fingerprint density at radius 1 is 1.09 bits per heavy atom. The number of benzene rings is 2. The Balaban J connectivity index is 1.82. The maximum Gasteiger partial charge on any atom is 0.329 e. The molecular weight excluding hydrogens is 304 g/mol. The molecular formula is C16H13ClN2O3. The van der Waals surface area contributed by atoms with Crippen LogP contribution in [0.4, 0.5) is 10.5 Å². The van der Waals surface area contributed by atoms with E-state index in [1.807, 2.05) is 0 Å². The van der Waals surface area contributed by atoms with E-state index >= 15 is 0 Å². The average Bonchev–Trinajstić information content (AvgIpc) is 2.77. The van der Waals surface area contributed by atoms with E-state index in [1.54, 1.807) is 48.5 Å². The average molecular weight is 317 g/mol. The van der Waals surface area contributed by atoms with Crippen LogP contribution in [0.5, 0.6) is 5.75 Å². The van der Waals surface area contributed by atoms with Crippen molar-refractivity contribution in [1.82, 2.24) is 5.32 Å². The van der Waals surface area contributed by atoms with Gasteiger partial charge in [-0.05, 0) is 29.8 Å². The van der Waals surface area contributed by atoms with Gasteiger partial charge in [-0.3, -0.25) is 4.79 Å². The molecule has 2 aromatic carbocycles. The zero-order chi connectivity index (χ0) is 15.7. The Hall–Kier alpha value is -2.53. The van der Waals surface area contributed by atoms with Crippen LogP contribution in [0.1, 0.15) is 5.56 Å². The number of nitrogens with zero attached hydrogens (tertiary/aromatic N) is 1. The van der Waals surface area contributed by atoms with Gasteiger partial charge in [0.05, 0.1) is 10.7 Å². The molecule has 1 aliphatic rings. The number of imide groups is 1. The van der Waals surface area contributed by atoms with E-state index in [4.69, 9.17) is 11.6 Å². The lowest BCUT2D eigenvalue weighted by Crippen LogP contribution is -2.32. The highest BCUT2D eigenvalue weighted by atomic mass is 35.5. The topological polar surface area (TPSA) is 69.6 Å². The summed E-state index contributed by atoms with van der Waals surface area (Å²) in [5, 5.41) is 12.3. The third kappa shape index (κ3) is 2.63. The molecule has 22 heavy (non-hydrogen) atoms. The van der Waals surface area contributed by atoms with Crippen LogP contribution in [0.25, 0.3) is 0 Å². The highest BCUT2D eigenvalue weighted by Crippen LogP contribution is 2.28. The number of amides is 3. The number of hydrogen-bond acceptors (Lipinski definition) is 3. The van der Waals surface area contributed by atoms with E-state index in [0.29, 0.717) is 17.1 Å². The predicted molar refractivity (Wildman–Crippen MR) is 83.1 cm³/mol. The number of anilines is 1. The van der Waals surface area contributed by atoms with Crippen LogP contribution in [0.15, 0.2) is 48.5 Å². The zero-order valence-electron chi connectivity index (χ0n) is 11.5. The van der Waals surface area contributed by atoms with E-state index < -0.39 is 12.1 Å². The predicted octanol–water partition coefficient (Wildman–Crippen LogP) is 2.71. The van der Waals surface area contributed by atoms with Gasteiger partial charge < -0.3 is 10.4 Å². The van der Waals surface area contributed by atoms with Gasteiger partial charge in [0.25, 0.3) is 5.91 Å². The minimum Gasteiger partial charge on any atom is -0.508 e. The van der Waals surface area contributed by atoms with E-state index in [0.717, 1.165) is 10.5 Å². The molecule has 2 aromatic rings. The molecule has 1 heterocycles. The second kappa shape index (κ2) is 5.69. The summed E-state index contributed by atoms with van der Waals surface area (Å²) in [6.07, 6.45) is 0.353. The van der Waals surface area contributed by atoms with Crippen molar-refractivity contribution in [3.63, 3.8) is 0 Å². The fourth-order valence-electron chi connectivity index (χ4n) is 2.40. The van der Waals surface area contributed by atoms with Crippen molar-refractivity contribution in [2.24, 2.45) is 0 Å². The summed E-state index contributed by atoms with van der Waals surface area (Å²) in [4.78, 5) is 25.6. The smallest absolute Gasteiger partial charge is 0.329 e. The molecule has 1 saturated heterocycles. The number of phenols is 1. The lowest BCUT2D eigenvalue weighted by atomic mass is 10.1. The molecule has 1 aliphatic heterocycles. The number of nitrogens with one attached hydrogen (secondary N) is 1. The van der Waals surface area contributed by atoms with Gasteiger partial charge in [0.1, 0.15) is 11.8 Å². The molecule has 6 heteroatoms. The van der Waals surface area contributed by atoms with E-state index in [9.17, 15) is 14.7 Å². The molecule has 0 radical (unpaired) electrons. The van der Waals surface area contributed by atoms with Crippen molar-refractivity contribution in [2.75, 3.05) is 4.90 Å². The number of urea groups is 1. The summed E-state index contributed by atoms with van der Waals surface area (Å²) in [6, 6.07) is 12.1. The monoisotopic (exact) mass is 316 g/mol. The molecule has 0 saturated carbocycles. The maximum atomic E-state index is 12.5. The number of carbonyl (C=O) groups is 2. The van der Waals surface area contributed by atoms with E-state index in [1.165, 1.54) is 0 Å². The number of aromatic hydroxyl groups is 1. The summed E-state index contributed by atoms with van der Waals surface area (Å²) < 4.78 is 0. The highest BCUT2D eigenvalue weighted by molar-refractivity contribution is 6.35. The number of halogens is 1. The summed E-state index contributed by atoms with van der Waals surface area (Å²) >= 11 is 6.06. The number of rotatable bonds is 3. The molecule has 3 rings (SSSR count). The second-order valence-electron chi connectivity index (χ2n) is 5.00. The zero-order valence-corrected chi connectivity index (χ0v) is 12.2. The highest BCUT2D eigenvalue weighted by Gasteiger charge is 2.39. The SMILES string of the molecule is O=C1NC(Cc2ccc(O)cc2)C(=O)N1c1ccccc1Cl. The Morgan fingerprint density at radius 2 is 1.77 bits per heavy atom. The molecule has 3 amide bonds. The summed E-state index contributed by atoms with van der Waals surface area (Å²) in [6.45, 7) is 0. The Kier molecular flexibility index (Phi) is 3.73. The molecule has 1 fully saturated rings. The minimum atomic E-state index is -0.645. The van der Waals surface area contributed by atoms with Gasteiger partial charge in [-0.1, -0.05) is 35.9 Å². The third-order valence-corrected chi connectivity index (χ3v) is 3.81. The van der Waals surface area contributed by atoms with Crippen molar-refractivity contribution in [3.8, 4) is 5.75 Å². The van der Waals surface area contributed by atoms with Gasteiger partial charge in [0.15, 0.2) is 0 Å². The van der Waals surface area contributed by atoms with Crippen LogP contribution >= 0.6 is 11.6 Å². The van der Waals surface area contributed by atoms with Gasteiger partial charge in [0, 0.05) is 6.42 Å². The lowest BCUT2D eigenvalue weighted by molar-refractivity contribution is -0.118. The minimum absolute atomic E-state index is 0.156. The number of hydrogen-bond donors (Lipinski definition) is 2. The van der Waals surface area contributed by atoms with Crippen LogP contribution in [0.3, 0.4) is 0 Å². The fourth-order valence-corrected chi connectivity index (χ4v) is 2.62. The van der Waals surface area contributed by atoms with Crippen molar-refractivity contribution in [3.05, 3.63) is 59.1 Å². The molecule has 112 valence electrons. The molecule has 1 atom stereocenters. The van der Waals surface area contributed by atoms with Crippen molar-refractivity contribution >= 4 is 29.2 Å². The van der Waals surface area contributed by atoms with E-state index in [2.05, 4.69) is 5.32 Å². The van der Waals surface area contributed by atoms with Crippen LogP contribution < -0.4 is 10.2 Å². The normalized spacial score (nSPS) is 17.7. The molecule has 0 spiro atoms. The summed E-state index contributed by atoms with van der Waals surface area (Å²) in [5.74, 6) is -0.186. The first-order chi connectivity index (χ1) is 10.6. The first-order valence-corrected chi connectivity index (χ1v) is 7.11. The first kappa shape index (κ1) is 14.4. The lowest BCUT2D eigenvalue weighted by Gasteiger charge is -2.14. The van der Waals surface area contributed by atoms with Crippen molar-refractivity contribution < 1.29 is 14.7 Å². The molecule has 5 nitrogen and oxygen atoms in total. The van der Waals surface area contributed by atoms with Crippen molar-refractivity contribution in [1.29, 1.82) is 0 Å². The number of carbonyl (C=O) groups excluding carboxylic acids is 2. The molecule has 0 aromatic heterocycles. The molecule has 0 aliphatic carbocycles. The van der Waals surface area contributed by atoms with Crippen LogP contribution in [-0.4, -0.2) is 23.1 Å². The number of para-hydroxylation sites is 1. The van der Waals surface area contributed by atoms with Crippen molar-refractivity contribution in [2.45, 2.75) is 12.5 Å². The van der Waals surface area contributed by atoms with Gasteiger partial charge in [-0.15, -0.1) is 0 Å². The molecule has 2 N–H and O–H groups in total. The molecule has 0 bridgehead atoms. The third-order valence-electron chi connectivity index (χ3n) is 3.49. The van der Waals surface area contributed by atoms with Gasteiger partial charge in [0.2, 0.25) is 0 Å². The fraction of sp³-hybridized carbons (Fsp3) is 0.125. The quantitative estimate of drug-likeness (QED) is 0.855. The van der Waals surface area contributed by atoms with Crippen LogP contribution in [0, 0.1) is 0 Å². The summed E-state index contributed by atoms with van der Waals surface area (Å²) in [5.41, 5.74) is 1.22. The van der Waals surface area contributed by atoms with Crippen LogP contribution in [0.2, 0.25) is 5.02 Å². The van der Waals surface area contributed by atoms with E-state index in [-0.39, 0.29) is 11.7 Å². The van der Waals surface area contributed by atoms with Gasteiger partial charge in [-0.25, -0.2) is 9.69 Å². The number of phenolic OH excluding ortho intramolecular Hbond substituents is 1. The van der Waals surface area contributed by atoms with Gasteiger partial charge in [-0.2, -0.15) is 0 Å². The maximum absolute atomic E-state index is 12.5. The standard InChI is InChI=1S/C16H13ClN2O3/c17-12-3-1-2-4-14(12)19-15(21)13(18-16(19)22)9-10-5-7-11(20)8-6-10/h1-8,13,20H,9H2,(H,18,22). The first-order valence-electron chi connectivity index (χ1n) is 6.73. The Bertz CT molecular complexity index is 730. The molecule has 1 unspecified atom stereocenters. The second-order valence-corrected chi connectivity index (χ2v) is 5.40. The van der Waals surface area contributed by atoms with Gasteiger partial charge >= 0.3 is 6.03 Å². The largest absolute Gasteiger partial charge is 0.508 e. The Labute approximate surface area is 132 Å². The Morgan fingerprint density at radius 3 is 2.45 bits per heavy atom. The summed E-state index contributed by atoms with van der Waals surface area (Å²) in [7, 11) is 0.